The molecule has 1 aliphatic heterocycles. The van der Waals surface area contributed by atoms with E-state index < -0.39 is 0 Å². The van der Waals surface area contributed by atoms with E-state index in [2.05, 4.69) is 41.2 Å². The third-order valence-corrected chi connectivity index (χ3v) is 5.56. The molecule has 2 aromatic heterocycles. The molecule has 6 nitrogen and oxygen atoms in total. The molecule has 0 radical (unpaired) electrons. The summed E-state index contributed by atoms with van der Waals surface area (Å²) in [5, 5.41) is 3.60. The van der Waals surface area contributed by atoms with Crippen LogP contribution in [-0.4, -0.2) is 41.4 Å². The maximum Gasteiger partial charge on any atom is 0.215 e. The van der Waals surface area contributed by atoms with Gasteiger partial charge in [0.2, 0.25) is 5.78 Å². The van der Waals surface area contributed by atoms with Crippen LogP contribution in [-0.2, 0) is 0 Å². The Bertz CT molecular complexity index is 872. The van der Waals surface area contributed by atoms with Crippen molar-refractivity contribution in [2.75, 3.05) is 30.3 Å². The third-order valence-electron chi connectivity index (χ3n) is 5.56. The molecular formula is C22H33N5O. The summed E-state index contributed by atoms with van der Waals surface area (Å²) < 4.78 is 0. The van der Waals surface area contributed by atoms with Crippen molar-refractivity contribution in [3.05, 3.63) is 47.3 Å². The number of anilines is 2. The van der Waals surface area contributed by atoms with E-state index in [-0.39, 0.29) is 14.5 Å². The molecule has 1 aliphatic carbocycles. The summed E-state index contributed by atoms with van der Waals surface area (Å²) in [4.78, 5) is 24.5. The Morgan fingerprint density at radius 3 is 2.89 bits per heavy atom. The lowest BCUT2D eigenvalue weighted by molar-refractivity contribution is 0.103. The average molecular weight is 384 g/mol. The van der Waals surface area contributed by atoms with E-state index in [1.165, 1.54) is 0 Å². The quantitative estimate of drug-likeness (QED) is 0.743. The summed E-state index contributed by atoms with van der Waals surface area (Å²) in [6.45, 7) is 7.24. The molecule has 0 unspecified atom stereocenters. The van der Waals surface area contributed by atoms with Crippen LogP contribution in [0.2, 0.25) is 0 Å². The standard InChI is InChI=1S/C22H29N5O.2H2/c1-14(2)12-16-13-27(11-10-24-16)19-8-7-17(15-5-6-15)20(26-19)21(28)18-4-3-9-25-22(18)23;;/h3-4,7-9,14-16,24H,5-6,10-13H2,1-2H3,(H2,23,25);2*1H/t16-;;/m0../s1. The van der Waals surface area contributed by atoms with Crippen LogP contribution in [0.1, 0.15) is 63.5 Å². The van der Waals surface area contributed by atoms with Crippen LogP contribution in [0.4, 0.5) is 11.6 Å². The highest BCUT2D eigenvalue weighted by Crippen LogP contribution is 2.42. The zero-order chi connectivity index (χ0) is 19.7. The second-order valence-electron chi connectivity index (χ2n) is 8.37. The van der Waals surface area contributed by atoms with Gasteiger partial charge < -0.3 is 16.0 Å². The minimum absolute atomic E-state index is 0. The molecule has 2 fully saturated rings. The van der Waals surface area contributed by atoms with Gasteiger partial charge in [0.05, 0.1) is 5.56 Å². The first-order valence-electron chi connectivity index (χ1n) is 10.3. The Hall–Kier alpha value is -2.47. The number of carbonyl (C=O) groups excluding carboxylic acids is 1. The van der Waals surface area contributed by atoms with Crippen LogP contribution in [0.5, 0.6) is 0 Å². The molecule has 28 heavy (non-hydrogen) atoms. The smallest absolute Gasteiger partial charge is 0.215 e. The van der Waals surface area contributed by atoms with Gasteiger partial charge in [-0.25, -0.2) is 9.97 Å². The molecule has 152 valence electrons. The molecular weight excluding hydrogens is 350 g/mol. The Kier molecular flexibility index (Phi) is 5.31. The molecule has 0 bridgehead atoms. The first-order valence-corrected chi connectivity index (χ1v) is 10.3. The number of nitrogens with two attached hydrogens (primary N) is 1. The molecule has 1 atom stereocenters. The zero-order valence-electron chi connectivity index (χ0n) is 16.7. The Morgan fingerprint density at radius 2 is 2.18 bits per heavy atom. The number of rotatable bonds is 6. The number of pyridine rings is 2. The lowest BCUT2D eigenvalue weighted by Crippen LogP contribution is -2.51. The van der Waals surface area contributed by atoms with Gasteiger partial charge >= 0.3 is 0 Å². The van der Waals surface area contributed by atoms with E-state index in [4.69, 9.17) is 10.7 Å². The van der Waals surface area contributed by atoms with Gasteiger partial charge in [-0.15, -0.1) is 0 Å². The van der Waals surface area contributed by atoms with Gasteiger partial charge in [0.25, 0.3) is 0 Å². The fraction of sp³-hybridized carbons (Fsp3) is 0.500. The fourth-order valence-corrected chi connectivity index (χ4v) is 4.04. The number of hydrogen-bond acceptors (Lipinski definition) is 6. The largest absolute Gasteiger partial charge is 0.383 e. The molecule has 3 heterocycles. The third kappa shape index (κ3) is 4.02. The van der Waals surface area contributed by atoms with Crippen LogP contribution in [0, 0.1) is 5.92 Å². The molecule has 6 heteroatoms. The molecule has 2 aromatic rings. The topological polar surface area (TPSA) is 84.1 Å². The molecule has 0 aromatic carbocycles. The number of ketones is 1. The lowest BCUT2D eigenvalue weighted by Gasteiger charge is -2.35. The average Bonchev–Trinajstić information content (AvgIpc) is 3.52. The molecule has 0 amide bonds. The van der Waals surface area contributed by atoms with Crippen LogP contribution in [0.25, 0.3) is 0 Å². The Morgan fingerprint density at radius 1 is 1.36 bits per heavy atom. The maximum absolute atomic E-state index is 13.3. The molecule has 3 N–H and O–H groups in total. The minimum atomic E-state index is -0.122. The Labute approximate surface area is 169 Å². The van der Waals surface area contributed by atoms with Gasteiger partial charge in [-0.2, -0.15) is 0 Å². The van der Waals surface area contributed by atoms with Gasteiger partial charge in [0.1, 0.15) is 17.3 Å². The summed E-state index contributed by atoms with van der Waals surface area (Å²) in [5.41, 5.74) is 7.99. The highest BCUT2D eigenvalue weighted by Gasteiger charge is 2.31. The van der Waals surface area contributed by atoms with Gasteiger partial charge in [-0.1, -0.05) is 19.9 Å². The van der Waals surface area contributed by atoms with Crippen molar-refractivity contribution in [3.63, 3.8) is 0 Å². The SMILES string of the molecule is CC(C)C[C@H]1CN(c2ccc(C3CC3)c(C(=O)c3cccnc3N)n2)CCN1.[HH].[HH]. The van der Waals surface area contributed by atoms with Gasteiger partial charge in [0, 0.05) is 34.7 Å². The maximum atomic E-state index is 13.3. The number of carbonyl (C=O) groups is 1. The van der Waals surface area contributed by atoms with Crippen molar-refractivity contribution < 1.29 is 7.65 Å². The number of nitrogens with zero attached hydrogens (tertiary/aromatic N) is 3. The number of hydrogen-bond donors (Lipinski definition) is 2. The zero-order valence-corrected chi connectivity index (χ0v) is 16.7. The first-order chi connectivity index (χ1) is 13.5. The summed E-state index contributed by atoms with van der Waals surface area (Å²) in [6, 6.07) is 8.11. The fourth-order valence-electron chi connectivity index (χ4n) is 4.04. The van der Waals surface area contributed by atoms with E-state index >= 15 is 0 Å². The van der Waals surface area contributed by atoms with Gasteiger partial charge in [-0.05, 0) is 54.9 Å². The number of aromatic nitrogens is 2. The van der Waals surface area contributed by atoms with Crippen LogP contribution in [0.15, 0.2) is 30.5 Å². The number of nitrogen functional groups attached to an aromatic ring is 1. The van der Waals surface area contributed by atoms with Crippen molar-refractivity contribution in [1.29, 1.82) is 0 Å². The highest BCUT2D eigenvalue weighted by molar-refractivity contribution is 6.11. The molecule has 0 spiro atoms. The van der Waals surface area contributed by atoms with E-state index in [1.807, 2.05) is 0 Å². The van der Waals surface area contributed by atoms with Crippen LogP contribution >= 0.6 is 0 Å². The monoisotopic (exact) mass is 383 g/mol. The summed E-state index contributed by atoms with van der Waals surface area (Å²) in [5.74, 6) is 2.11. The number of piperazine rings is 1. The summed E-state index contributed by atoms with van der Waals surface area (Å²) in [6.07, 6.45) is 4.98. The van der Waals surface area contributed by atoms with Crippen molar-refractivity contribution in [2.24, 2.45) is 5.92 Å². The van der Waals surface area contributed by atoms with E-state index in [1.54, 1.807) is 18.3 Å². The second kappa shape index (κ2) is 7.87. The van der Waals surface area contributed by atoms with E-state index in [9.17, 15) is 4.79 Å². The predicted molar refractivity (Wildman–Crippen MR) is 116 cm³/mol. The summed E-state index contributed by atoms with van der Waals surface area (Å²) >= 11 is 0. The van der Waals surface area contributed by atoms with Gasteiger partial charge in [0.15, 0.2) is 0 Å². The molecule has 2 aliphatic rings. The van der Waals surface area contributed by atoms with E-state index in [0.29, 0.717) is 29.1 Å². The minimum Gasteiger partial charge on any atom is -0.383 e. The van der Waals surface area contributed by atoms with Crippen molar-refractivity contribution in [1.82, 2.24) is 15.3 Å². The highest BCUT2D eigenvalue weighted by atomic mass is 16.1. The van der Waals surface area contributed by atoms with Crippen LogP contribution in [0.3, 0.4) is 0 Å². The van der Waals surface area contributed by atoms with Crippen LogP contribution < -0.4 is 16.0 Å². The van der Waals surface area contributed by atoms with Gasteiger partial charge in [-0.3, -0.25) is 4.79 Å². The second-order valence-corrected chi connectivity index (χ2v) is 8.37. The normalized spacial score (nSPS) is 19.8. The van der Waals surface area contributed by atoms with Crippen molar-refractivity contribution in [3.8, 4) is 0 Å². The molecule has 1 saturated carbocycles. The number of nitrogens with one attached hydrogen (secondary N) is 1. The van der Waals surface area contributed by atoms with Crippen molar-refractivity contribution in [2.45, 2.75) is 45.1 Å². The first kappa shape index (κ1) is 18.9. The van der Waals surface area contributed by atoms with E-state index in [0.717, 1.165) is 50.3 Å². The summed E-state index contributed by atoms with van der Waals surface area (Å²) in [7, 11) is 0. The Balaban J connectivity index is 0.00000160. The molecule has 1 saturated heterocycles. The lowest BCUT2D eigenvalue weighted by atomic mass is 10.00. The predicted octanol–water partition coefficient (Wildman–Crippen LogP) is 3.48. The molecule has 4 rings (SSSR count). The van der Waals surface area contributed by atoms with Crippen molar-refractivity contribution >= 4 is 17.4 Å².